The van der Waals surface area contributed by atoms with E-state index in [1.807, 2.05) is 6.92 Å². The van der Waals surface area contributed by atoms with E-state index < -0.39 is 10.0 Å². The van der Waals surface area contributed by atoms with Crippen LogP contribution in [0.5, 0.6) is 0 Å². The lowest BCUT2D eigenvalue weighted by molar-refractivity contribution is 0.564. The van der Waals surface area contributed by atoms with E-state index in [-0.39, 0.29) is 18.1 Å². The average Bonchev–Trinajstić information content (AvgIpc) is 2.63. The number of imidazole rings is 1. The van der Waals surface area contributed by atoms with E-state index in [2.05, 4.69) is 9.71 Å². The van der Waals surface area contributed by atoms with Gasteiger partial charge < -0.3 is 10.3 Å². The molecule has 14 heavy (non-hydrogen) atoms. The smallest absolute Gasteiger partial charge is 0.257 e. The predicted molar refractivity (Wildman–Crippen MR) is 52.1 cm³/mol. The minimum atomic E-state index is -3.45. The molecule has 7 heteroatoms. The number of rotatable bonds is 5. The molecule has 0 saturated carbocycles. The van der Waals surface area contributed by atoms with Gasteiger partial charge >= 0.3 is 0 Å². The van der Waals surface area contributed by atoms with E-state index in [0.717, 1.165) is 0 Å². The number of hydrogen-bond donors (Lipinski definition) is 2. The summed E-state index contributed by atoms with van der Waals surface area (Å²) in [5.74, 6) is 0. The molecule has 0 atom stereocenters. The summed E-state index contributed by atoms with van der Waals surface area (Å²) in [5.41, 5.74) is 5.21. The van der Waals surface area contributed by atoms with E-state index in [0.29, 0.717) is 6.54 Å². The molecule has 0 unspecified atom stereocenters. The molecule has 1 heterocycles. The van der Waals surface area contributed by atoms with Gasteiger partial charge in [-0.15, -0.1) is 0 Å². The monoisotopic (exact) mass is 218 g/mol. The van der Waals surface area contributed by atoms with Crippen LogP contribution in [0.2, 0.25) is 0 Å². The van der Waals surface area contributed by atoms with Crippen LogP contribution in [0.25, 0.3) is 0 Å². The van der Waals surface area contributed by atoms with Crippen molar-refractivity contribution in [2.24, 2.45) is 5.73 Å². The molecule has 3 N–H and O–H groups in total. The van der Waals surface area contributed by atoms with Gasteiger partial charge in [0.15, 0.2) is 5.03 Å². The maximum Gasteiger partial charge on any atom is 0.257 e. The van der Waals surface area contributed by atoms with Crippen LogP contribution in [0.3, 0.4) is 0 Å². The van der Waals surface area contributed by atoms with Crippen molar-refractivity contribution < 1.29 is 8.42 Å². The third-order valence-electron chi connectivity index (χ3n) is 1.73. The number of aryl methyl sites for hydroxylation is 1. The second-order valence-electron chi connectivity index (χ2n) is 2.70. The first-order valence-electron chi connectivity index (χ1n) is 4.31. The van der Waals surface area contributed by atoms with Crippen molar-refractivity contribution in [1.82, 2.24) is 14.3 Å². The summed E-state index contributed by atoms with van der Waals surface area (Å²) in [4.78, 5) is 3.78. The van der Waals surface area contributed by atoms with Gasteiger partial charge in [-0.1, -0.05) is 0 Å². The number of nitrogens with two attached hydrogens (primary N) is 1. The standard InChI is InChI=1S/C7H14N4O2S/c1-2-11-6-9-5-7(11)14(12,13)10-4-3-8/h5-6,10H,2-4,8H2,1H3. The number of hydrogen-bond acceptors (Lipinski definition) is 4. The van der Waals surface area contributed by atoms with Crippen LogP contribution in [0, 0.1) is 0 Å². The van der Waals surface area contributed by atoms with Gasteiger partial charge in [0.1, 0.15) is 0 Å². The summed E-state index contributed by atoms with van der Waals surface area (Å²) in [7, 11) is -3.45. The van der Waals surface area contributed by atoms with Gasteiger partial charge in [-0.05, 0) is 6.92 Å². The van der Waals surface area contributed by atoms with Gasteiger partial charge in [0.2, 0.25) is 0 Å². The first-order chi connectivity index (χ1) is 6.61. The Morgan fingerprint density at radius 3 is 2.93 bits per heavy atom. The Kier molecular flexibility index (Phi) is 3.62. The van der Waals surface area contributed by atoms with Crippen LogP contribution in [0.4, 0.5) is 0 Å². The highest BCUT2D eigenvalue weighted by Gasteiger charge is 2.17. The van der Waals surface area contributed by atoms with Crippen molar-refractivity contribution in [3.05, 3.63) is 12.5 Å². The first kappa shape index (κ1) is 11.2. The summed E-state index contributed by atoms with van der Waals surface area (Å²) < 4.78 is 27.1. The second kappa shape index (κ2) is 4.54. The zero-order valence-electron chi connectivity index (χ0n) is 7.97. The quantitative estimate of drug-likeness (QED) is 0.673. The van der Waals surface area contributed by atoms with Crippen LogP contribution < -0.4 is 10.5 Å². The Hall–Kier alpha value is -0.920. The van der Waals surface area contributed by atoms with E-state index >= 15 is 0 Å². The highest BCUT2D eigenvalue weighted by molar-refractivity contribution is 7.89. The predicted octanol–water partition coefficient (Wildman–Crippen LogP) is -0.860. The second-order valence-corrected chi connectivity index (χ2v) is 4.42. The molecule has 0 amide bonds. The van der Waals surface area contributed by atoms with Gasteiger partial charge in [-0.3, -0.25) is 0 Å². The molecule has 0 radical (unpaired) electrons. The van der Waals surface area contributed by atoms with Gasteiger partial charge in [-0.2, -0.15) is 0 Å². The molecular weight excluding hydrogens is 204 g/mol. The Morgan fingerprint density at radius 2 is 2.36 bits per heavy atom. The number of aromatic nitrogens is 2. The molecule has 80 valence electrons. The Labute approximate surface area is 83.2 Å². The summed E-state index contributed by atoms with van der Waals surface area (Å²) in [6.45, 7) is 2.93. The lowest BCUT2D eigenvalue weighted by Gasteiger charge is -2.06. The SMILES string of the molecule is CCn1cncc1S(=O)(=O)NCCN. The van der Waals surface area contributed by atoms with Crippen LogP contribution in [-0.4, -0.2) is 31.1 Å². The molecule has 1 aromatic rings. The zero-order valence-corrected chi connectivity index (χ0v) is 8.79. The van der Waals surface area contributed by atoms with Crippen LogP contribution >= 0.6 is 0 Å². The highest BCUT2D eigenvalue weighted by Crippen LogP contribution is 2.06. The van der Waals surface area contributed by atoms with Crippen molar-refractivity contribution in [1.29, 1.82) is 0 Å². The molecule has 1 aromatic heterocycles. The van der Waals surface area contributed by atoms with Gasteiger partial charge in [-0.25, -0.2) is 18.1 Å². The minimum Gasteiger partial charge on any atom is -0.329 e. The molecule has 6 nitrogen and oxygen atoms in total. The summed E-state index contributed by atoms with van der Waals surface area (Å²) in [6.07, 6.45) is 2.80. The molecule has 0 aliphatic rings. The van der Waals surface area contributed by atoms with E-state index in [9.17, 15) is 8.42 Å². The summed E-state index contributed by atoms with van der Waals surface area (Å²) in [6, 6.07) is 0. The lowest BCUT2D eigenvalue weighted by atomic mass is 10.7. The number of nitrogens with zero attached hydrogens (tertiary/aromatic N) is 2. The summed E-state index contributed by atoms with van der Waals surface area (Å²) in [5, 5.41) is 0.174. The average molecular weight is 218 g/mol. The fourth-order valence-electron chi connectivity index (χ4n) is 1.04. The molecule has 0 aliphatic carbocycles. The maximum atomic E-state index is 11.6. The summed E-state index contributed by atoms with van der Waals surface area (Å²) >= 11 is 0. The Balaban J connectivity index is 2.92. The molecular formula is C7H14N4O2S. The van der Waals surface area contributed by atoms with E-state index in [1.165, 1.54) is 12.5 Å². The van der Waals surface area contributed by atoms with Crippen LogP contribution in [-0.2, 0) is 16.6 Å². The van der Waals surface area contributed by atoms with Crippen molar-refractivity contribution in [3.8, 4) is 0 Å². The van der Waals surface area contributed by atoms with Crippen molar-refractivity contribution in [2.75, 3.05) is 13.1 Å². The third-order valence-corrected chi connectivity index (χ3v) is 3.20. The third kappa shape index (κ3) is 2.31. The van der Waals surface area contributed by atoms with E-state index in [4.69, 9.17) is 5.73 Å². The normalized spacial score (nSPS) is 11.9. The molecule has 0 fully saturated rings. The molecule has 0 aromatic carbocycles. The Bertz CT molecular complexity index is 384. The van der Waals surface area contributed by atoms with Gasteiger partial charge in [0.25, 0.3) is 10.0 Å². The largest absolute Gasteiger partial charge is 0.329 e. The molecule has 0 bridgehead atoms. The van der Waals surface area contributed by atoms with Crippen molar-refractivity contribution in [3.63, 3.8) is 0 Å². The topological polar surface area (TPSA) is 90.0 Å². The number of sulfonamides is 1. The fourth-order valence-corrected chi connectivity index (χ4v) is 2.26. The van der Waals surface area contributed by atoms with Gasteiger partial charge in [0.05, 0.1) is 12.5 Å². The maximum absolute atomic E-state index is 11.6. The lowest BCUT2D eigenvalue weighted by Crippen LogP contribution is -2.30. The van der Waals surface area contributed by atoms with Crippen LogP contribution in [0.15, 0.2) is 17.6 Å². The van der Waals surface area contributed by atoms with Crippen molar-refractivity contribution >= 4 is 10.0 Å². The van der Waals surface area contributed by atoms with Crippen molar-refractivity contribution in [2.45, 2.75) is 18.5 Å². The van der Waals surface area contributed by atoms with Gasteiger partial charge in [0, 0.05) is 19.6 Å². The molecule has 0 aliphatic heterocycles. The number of nitrogens with one attached hydrogen (secondary N) is 1. The first-order valence-corrected chi connectivity index (χ1v) is 5.80. The highest BCUT2D eigenvalue weighted by atomic mass is 32.2. The van der Waals surface area contributed by atoms with Crippen LogP contribution in [0.1, 0.15) is 6.92 Å². The molecule has 0 saturated heterocycles. The Morgan fingerprint density at radius 1 is 1.64 bits per heavy atom. The van der Waals surface area contributed by atoms with E-state index in [1.54, 1.807) is 4.57 Å². The molecule has 0 spiro atoms. The minimum absolute atomic E-state index is 0.174. The molecule has 1 rings (SSSR count). The fraction of sp³-hybridized carbons (Fsp3) is 0.571. The zero-order chi connectivity index (χ0) is 10.6.